The summed E-state index contributed by atoms with van der Waals surface area (Å²) in [6, 6.07) is 12.2. The third kappa shape index (κ3) is 3.60. The second-order valence-electron chi connectivity index (χ2n) is 8.25. The molecule has 0 unspecified atom stereocenters. The molecule has 4 aromatic rings. The predicted octanol–water partition coefficient (Wildman–Crippen LogP) is 6.01. The first-order chi connectivity index (χ1) is 16.4. The lowest BCUT2D eigenvalue weighted by Gasteiger charge is -2.26. The number of hydrogen-bond donors (Lipinski definition) is 2. The van der Waals surface area contributed by atoms with E-state index in [1.807, 2.05) is 0 Å². The zero-order valence-corrected chi connectivity index (χ0v) is 17.9. The van der Waals surface area contributed by atoms with E-state index in [2.05, 4.69) is 0 Å². The number of benzene rings is 3. The number of carboxylic acids is 1. The van der Waals surface area contributed by atoms with E-state index >= 15 is 0 Å². The van der Waals surface area contributed by atoms with Crippen molar-refractivity contribution in [2.45, 2.75) is 18.8 Å². The Hall–Kier alpha value is -3.78. The number of hydrogen-bond acceptors (Lipinski definition) is 3. The summed E-state index contributed by atoms with van der Waals surface area (Å²) in [5.74, 6) is -4.59. The molecule has 1 aliphatic rings. The molecule has 1 aromatic heterocycles. The summed E-state index contributed by atoms with van der Waals surface area (Å²) in [4.78, 5) is 11.3. The van der Waals surface area contributed by atoms with E-state index < -0.39 is 29.2 Å². The van der Waals surface area contributed by atoms with Gasteiger partial charge in [-0.3, -0.25) is 0 Å². The van der Waals surface area contributed by atoms with E-state index in [1.54, 1.807) is 16.7 Å². The average Bonchev–Trinajstić information content (AvgIpc) is 3.19. The second-order valence-corrected chi connectivity index (χ2v) is 8.25. The Morgan fingerprint density at radius 2 is 1.59 bits per heavy atom. The number of carboxylic acid groups (broad SMARTS) is 1. The Kier molecular flexibility index (Phi) is 5.53. The van der Waals surface area contributed by atoms with Crippen LogP contribution in [0, 0.1) is 17.5 Å². The quantitative estimate of drug-likeness (QED) is 0.386. The van der Waals surface area contributed by atoms with Crippen molar-refractivity contribution in [3.8, 4) is 22.6 Å². The highest BCUT2D eigenvalue weighted by molar-refractivity contribution is 6.03. The summed E-state index contributed by atoms with van der Waals surface area (Å²) < 4.78 is 49.8. The smallest absolute Gasteiger partial charge is 0.335 e. The van der Waals surface area contributed by atoms with E-state index in [0.717, 1.165) is 18.2 Å². The van der Waals surface area contributed by atoms with Crippen LogP contribution in [-0.4, -0.2) is 34.0 Å². The molecule has 1 saturated heterocycles. The summed E-state index contributed by atoms with van der Waals surface area (Å²) in [6.45, 7) is 0.976. The van der Waals surface area contributed by atoms with Gasteiger partial charge in [-0.25, -0.2) is 18.0 Å². The summed E-state index contributed by atoms with van der Waals surface area (Å²) in [7, 11) is 0. The lowest BCUT2D eigenvalue weighted by molar-refractivity contribution is 0.0697. The standard InChI is InChI=1S/C26H20F3NO4/c27-18-6-5-17(13-20(18)29)30-21-8-7-19(28)25(31)23(21)22(24(30)15-9-11-34-12-10-15)14-1-3-16(4-2-14)26(32)33/h1-8,13,15,31H,9-12H2,(H,32,33). The molecule has 1 aliphatic heterocycles. The van der Waals surface area contributed by atoms with Crippen molar-refractivity contribution in [2.24, 2.45) is 0 Å². The van der Waals surface area contributed by atoms with Crippen LogP contribution < -0.4 is 0 Å². The highest BCUT2D eigenvalue weighted by Gasteiger charge is 2.30. The van der Waals surface area contributed by atoms with Gasteiger partial charge in [0.05, 0.1) is 16.5 Å². The number of fused-ring (bicyclic) bond motifs is 1. The fourth-order valence-corrected chi connectivity index (χ4v) is 4.69. The number of aromatic hydroxyl groups is 1. The lowest BCUT2D eigenvalue weighted by Crippen LogP contribution is -2.17. The van der Waals surface area contributed by atoms with Gasteiger partial charge in [0.1, 0.15) is 0 Å². The van der Waals surface area contributed by atoms with Crippen molar-refractivity contribution in [3.63, 3.8) is 0 Å². The first-order valence-corrected chi connectivity index (χ1v) is 10.8. The van der Waals surface area contributed by atoms with E-state index in [4.69, 9.17) is 4.74 Å². The molecule has 3 aromatic carbocycles. The zero-order chi connectivity index (χ0) is 24.0. The molecular formula is C26H20F3NO4. The maximum atomic E-state index is 14.6. The number of nitrogens with zero attached hydrogens (tertiary/aromatic N) is 1. The van der Waals surface area contributed by atoms with Gasteiger partial charge in [-0.05, 0) is 54.8 Å². The van der Waals surface area contributed by atoms with Crippen LogP contribution in [0.3, 0.4) is 0 Å². The van der Waals surface area contributed by atoms with Crippen molar-refractivity contribution in [1.82, 2.24) is 4.57 Å². The van der Waals surface area contributed by atoms with Crippen molar-refractivity contribution in [1.29, 1.82) is 0 Å². The average molecular weight is 467 g/mol. The normalized spacial score (nSPS) is 14.6. The Labute approximate surface area is 192 Å². The van der Waals surface area contributed by atoms with Crippen LogP contribution in [0.4, 0.5) is 13.2 Å². The minimum Gasteiger partial charge on any atom is -0.504 e. The Morgan fingerprint density at radius 1 is 0.912 bits per heavy atom. The van der Waals surface area contributed by atoms with Gasteiger partial charge in [0, 0.05) is 42.1 Å². The molecular weight excluding hydrogens is 447 g/mol. The van der Waals surface area contributed by atoms with Crippen LogP contribution in [0.1, 0.15) is 34.8 Å². The van der Waals surface area contributed by atoms with Gasteiger partial charge in [-0.1, -0.05) is 12.1 Å². The maximum absolute atomic E-state index is 14.6. The summed E-state index contributed by atoms with van der Waals surface area (Å²) in [5, 5.41) is 20.3. The number of rotatable bonds is 4. The van der Waals surface area contributed by atoms with E-state index in [-0.39, 0.29) is 16.9 Å². The third-order valence-corrected chi connectivity index (χ3v) is 6.28. The molecule has 0 radical (unpaired) electrons. The second kappa shape index (κ2) is 8.53. The van der Waals surface area contributed by atoms with Gasteiger partial charge in [0.15, 0.2) is 23.2 Å². The van der Waals surface area contributed by atoms with E-state index in [0.29, 0.717) is 54.1 Å². The van der Waals surface area contributed by atoms with Gasteiger partial charge >= 0.3 is 5.97 Å². The van der Waals surface area contributed by atoms with Gasteiger partial charge in [-0.2, -0.15) is 0 Å². The van der Waals surface area contributed by atoms with Gasteiger partial charge in [-0.15, -0.1) is 0 Å². The van der Waals surface area contributed by atoms with Crippen molar-refractivity contribution in [3.05, 3.63) is 83.3 Å². The topological polar surface area (TPSA) is 71.7 Å². The molecule has 0 bridgehead atoms. The first-order valence-electron chi connectivity index (χ1n) is 10.8. The highest BCUT2D eigenvalue weighted by Crippen LogP contribution is 2.47. The fraction of sp³-hybridized carbons (Fsp3) is 0.192. The Bertz CT molecular complexity index is 1410. The van der Waals surface area contributed by atoms with Gasteiger partial charge in [0.25, 0.3) is 0 Å². The SMILES string of the molecule is O=C(O)c1ccc(-c2c(C3CCOCC3)n(-c3ccc(F)c(F)c3)c3ccc(F)c(O)c23)cc1. The van der Waals surface area contributed by atoms with Crippen LogP contribution in [0.15, 0.2) is 54.6 Å². The zero-order valence-electron chi connectivity index (χ0n) is 17.9. The molecule has 1 fully saturated rings. The number of phenolic OH excluding ortho intramolecular Hbond substituents is 1. The molecule has 5 rings (SSSR count). The van der Waals surface area contributed by atoms with Crippen LogP contribution in [-0.2, 0) is 4.74 Å². The number of phenols is 1. The number of aromatic nitrogens is 1. The minimum atomic E-state index is -1.09. The highest BCUT2D eigenvalue weighted by atomic mass is 19.2. The Balaban J connectivity index is 1.89. The Morgan fingerprint density at radius 3 is 2.24 bits per heavy atom. The molecule has 0 atom stereocenters. The molecule has 34 heavy (non-hydrogen) atoms. The maximum Gasteiger partial charge on any atom is 0.335 e. The predicted molar refractivity (Wildman–Crippen MR) is 120 cm³/mol. The summed E-state index contributed by atoms with van der Waals surface area (Å²) in [6.07, 6.45) is 1.26. The molecule has 2 N–H and O–H groups in total. The number of carbonyl (C=O) groups is 1. The molecule has 5 nitrogen and oxygen atoms in total. The summed E-state index contributed by atoms with van der Waals surface area (Å²) in [5.41, 5.74) is 2.59. The molecule has 0 amide bonds. The molecule has 0 saturated carbocycles. The third-order valence-electron chi connectivity index (χ3n) is 6.28. The molecule has 174 valence electrons. The fourth-order valence-electron chi connectivity index (χ4n) is 4.69. The van der Waals surface area contributed by atoms with Crippen LogP contribution in [0.2, 0.25) is 0 Å². The number of halogens is 3. The molecule has 0 spiro atoms. The lowest BCUT2D eigenvalue weighted by atomic mass is 9.89. The van der Waals surface area contributed by atoms with E-state index in [1.165, 1.54) is 24.3 Å². The van der Waals surface area contributed by atoms with E-state index in [9.17, 15) is 28.2 Å². The molecule has 8 heteroatoms. The minimum absolute atomic E-state index is 0.0797. The van der Waals surface area contributed by atoms with Gasteiger partial charge < -0.3 is 19.5 Å². The summed E-state index contributed by atoms with van der Waals surface area (Å²) >= 11 is 0. The van der Waals surface area contributed by atoms with Crippen molar-refractivity contribution >= 4 is 16.9 Å². The molecule has 0 aliphatic carbocycles. The first kappa shape index (κ1) is 22.0. The molecule has 2 heterocycles. The number of aromatic carboxylic acids is 1. The van der Waals surface area contributed by atoms with Crippen LogP contribution in [0.25, 0.3) is 27.7 Å². The largest absolute Gasteiger partial charge is 0.504 e. The van der Waals surface area contributed by atoms with Gasteiger partial charge in [0.2, 0.25) is 0 Å². The van der Waals surface area contributed by atoms with Crippen LogP contribution >= 0.6 is 0 Å². The van der Waals surface area contributed by atoms with Crippen LogP contribution in [0.5, 0.6) is 5.75 Å². The van der Waals surface area contributed by atoms with Crippen molar-refractivity contribution < 1.29 is 32.9 Å². The van der Waals surface area contributed by atoms with Crippen molar-refractivity contribution in [2.75, 3.05) is 13.2 Å². The number of ether oxygens (including phenoxy) is 1. The monoisotopic (exact) mass is 467 g/mol.